The van der Waals surface area contributed by atoms with Gasteiger partial charge in [-0.2, -0.15) is 5.10 Å². The van der Waals surface area contributed by atoms with Gasteiger partial charge in [-0.1, -0.05) is 18.5 Å². The van der Waals surface area contributed by atoms with Crippen LogP contribution in [0, 0.1) is 37.5 Å². The van der Waals surface area contributed by atoms with Crippen molar-refractivity contribution in [3.8, 4) is 0 Å². The van der Waals surface area contributed by atoms with E-state index in [0.717, 1.165) is 29.6 Å². The van der Waals surface area contributed by atoms with Crippen LogP contribution in [0.1, 0.15) is 62.9 Å². The van der Waals surface area contributed by atoms with Crippen molar-refractivity contribution >= 4 is 17.5 Å². The van der Waals surface area contributed by atoms with Gasteiger partial charge in [-0.05, 0) is 76.0 Å². The van der Waals surface area contributed by atoms with E-state index in [1.165, 1.54) is 32.1 Å². The highest BCUT2D eigenvalue weighted by Gasteiger charge is 2.49. The van der Waals surface area contributed by atoms with Gasteiger partial charge in [0.2, 0.25) is 5.91 Å². The molecule has 0 spiro atoms. The molecule has 1 aromatic rings. The zero-order valence-electron chi connectivity index (χ0n) is 14.9. The highest BCUT2D eigenvalue weighted by atomic mass is 35.5. The van der Waals surface area contributed by atoms with Gasteiger partial charge in [-0.25, -0.2) is 0 Å². The maximum atomic E-state index is 13.0. The number of halogens is 1. The average Bonchev–Trinajstić information content (AvgIpc) is 2.79. The number of carbonyl (C=O) groups is 1. The quantitative estimate of drug-likeness (QED) is 0.891. The second-order valence-corrected chi connectivity index (χ2v) is 8.70. The number of amides is 1. The first kappa shape index (κ1) is 16.4. The fourth-order valence-electron chi connectivity index (χ4n) is 5.84. The Morgan fingerprint density at radius 2 is 1.79 bits per heavy atom. The minimum absolute atomic E-state index is 0.122. The Morgan fingerprint density at radius 3 is 2.25 bits per heavy atom. The lowest BCUT2D eigenvalue weighted by molar-refractivity contribution is -0.128. The molecule has 24 heavy (non-hydrogen) atoms. The number of hydrogen-bond donors (Lipinski definition) is 1. The molecule has 1 amide bonds. The molecule has 5 heteroatoms. The van der Waals surface area contributed by atoms with Crippen LogP contribution in [-0.4, -0.2) is 21.7 Å². The summed E-state index contributed by atoms with van der Waals surface area (Å²) in [4.78, 5) is 13.0. The third kappa shape index (κ3) is 2.58. The number of aromatic nitrogens is 2. The van der Waals surface area contributed by atoms with Crippen molar-refractivity contribution in [1.82, 2.24) is 15.1 Å². The Hall–Kier alpha value is -1.03. The van der Waals surface area contributed by atoms with Crippen molar-refractivity contribution in [1.29, 1.82) is 0 Å². The molecule has 4 aliphatic carbocycles. The number of nitrogens with zero attached hydrogens (tertiary/aromatic N) is 2. The number of carbonyl (C=O) groups excluding carboxylic acids is 1. The minimum atomic E-state index is -0.256. The first-order chi connectivity index (χ1) is 11.5. The summed E-state index contributed by atoms with van der Waals surface area (Å²) in [7, 11) is 0. The molecule has 4 aliphatic rings. The lowest BCUT2D eigenvalue weighted by Crippen LogP contribution is -2.56. The van der Waals surface area contributed by atoms with Gasteiger partial charge < -0.3 is 5.32 Å². The molecule has 0 saturated heterocycles. The van der Waals surface area contributed by atoms with Crippen LogP contribution >= 0.6 is 11.6 Å². The van der Waals surface area contributed by atoms with E-state index in [1.54, 1.807) is 0 Å². The summed E-state index contributed by atoms with van der Waals surface area (Å²) in [5.74, 6) is 3.38. The molecular weight excluding hydrogens is 322 g/mol. The van der Waals surface area contributed by atoms with E-state index in [4.69, 9.17) is 11.6 Å². The summed E-state index contributed by atoms with van der Waals surface area (Å²) in [6, 6.07) is 0.125. The topological polar surface area (TPSA) is 46.9 Å². The molecule has 1 unspecified atom stereocenters. The van der Waals surface area contributed by atoms with Crippen LogP contribution in [0.3, 0.4) is 0 Å². The van der Waals surface area contributed by atoms with Crippen LogP contribution in [-0.2, 0) is 4.79 Å². The largest absolute Gasteiger partial charge is 0.351 e. The Kier molecular flexibility index (Phi) is 4.14. The summed E-state index contributed by atoms with van der Waals surface area (Å²) < 4.78 is 1.82. The summed E-state index contributed by atoms with van der Waals surface area (Å²) in [6.07, 6.45) is 7.45. The molecule has 1 aromatic heterocycles. The average molecular weight is 350 g/mol. The van der Waals surface area contributed by atoms with Crippen molar-refractivity contribution in [3.63, 3.8) is 0 Å². The molecule has 0 radical (unpaired) electrons. The van der Waals surface area contributed by atoms with Crippen LogP contribution in [0.5, 0.6) is 0 Å². The maximum Gasteiger partial charge on any atom is 0.245 e. The van der Waals surface area contributed by atoms with Gasteiger partial charge in [-0.3, -0.25) is 9.48 Å². The Labute approximate surface area is 149 Å². The summed E-state index contributed by atoms with van der Waals surface area (Å²) in [5.41, 5.74) is 1.69. The van der Waals surface area contributed by atoms with E-state index < -0.39 is 0 Å². The van der Waals surface area contributed by atoms with Gasteiger partial charge in [0.15, 0.2) is 0 Å². The molecule has 4 nitrogen and oxygen atoms in total. The third-order valence-electron chi connectivity index (χ3n) is 6.76. The predicted molar refractivity (Wildman–Crippen MR) is 95.0 cm³/mol. The number of hydrogen-bond acceptors (Lipinski definition) is 2. The first-order valence-corrected chi connectivity index (χ1v) is 9.87. The monoisotopic (exact) mass is 349 g/mol. The number of aryl methyl sites for hydroxylation is 1. The lowest BCUT2D eigenvalue weighted by atomic mass is 9.54. The molecule has 4 fully saturated rings. The molecule has 0 aliphatic heterocycles. The van der Waals surface area contributed by atoms with E-state index >= 15 is 0 Å². The van der Waals surface area contributed by atoms with Crippen molar-refractivity contribution in [2.24, 2.45) is 23.7 Å². The highest BCUT2D eigenvalue weighted by molar-refractivity contribution is 6.31. The van der Waals surface area contributed by atoms with Gasteiger partial charge in [0.05, 0.1) is 16.4 Å². The van der Waals surface area contributed by atoms with Crippen molar-refractivity contribution in [2.45, 2.75) is 71.4 Å². The SMILES string of the molecule is CCC(C(=O)NC1C2CC3CC(C2)CC1C3)n1nc(C)c(Cl)c1C. The van der Waals surface area contributed by atoms with Crippen molar-refractivity contribution < 1.29 is 4.79 Å². The number of rotatable bonds is 4. The zero-order chi connectivity index (χ0) is 17.0. The molecule has 4 bridgehead atoms. The molecule has 132 valence electrons. The van der Waals surface area contributed by atoms with Crippen LogP contribution in [0.15, 0.2) is 0 Å². The number of nitrogens with one attached hydrogen (secondary N) is 1. The fraction of sp³-hybridized carbons (Fsp3) is 0.789. The van der Waals surface area contributed by atoms with Crippen LogP contribution in [0.2, 0.25) is 5.02 Å². The van der Waals surface area contributed by atoms with Crippen molar-refractivity contribution in [2.75, 3.05) is 0 Å². The maximum absolute atomic E-state index is 13.0. The van der Waals surface area contributed by atoms with E-state index in [2.05, 4.69) is 10.4 Å². The van der Waals surface area contributed by atoms with Crippen LogP contribution in [0.4, 0.5) is 0 Å². The minimum Gasteiger partial charge on any atom is -0.351 e. The second-order valence-electron chi connectivity index (χ2n) is 8.32. The van der Waals surface area contributed by atoms with E-state index in [1.807, 2.05) is 25.5 Å². The van der Waals surface area contributed by atoms with Gasteiger partial charge in [-0.15, -0.1) is 0 Å². The lowest BCUT2D eigenvalue weighted by Gasteiger charge is -2.54. The predicted octanol–water partition coefficient (Wildman–Crippen LogP) is 4.05. The molecule has 1 atom stereocenters. The van der Waals surface area contributed by atoms with Gasteiger partial charge in [0, 0.05) is 6.04 Å². The normalized spacial score (nSPS) is 35.2. The Bertz CT molecular complexity index is 625. The smallest absolute Gasteiger partial charge is 0.245 e. The summed E-state index contributed by atoms with van der Waals surface area (Å²) in [5, 5.41) is 8.61. The fourth-order valence-corrected chi connectivity index (χ4v) is 5.96. The van der Waals surface area contributed by atoms with Gasteiger partial charge in [0.25, 0.3) is 0 Å². The zero-order valence-corrected chi connectivity index (χ0v) is 15.6. The highest BCUT2D eigenvalue weighted by Crippen LogP contribution is 2.53. The molecule has 4 saturated carbocycles. The summed E-state index contributed by atoms with van der Waals surface area (Å²) in [6.45, 7) is 5.89. The third-order valence-corrected chi connectivity index (χ3v) is 7.30. The van der Waals surface area contributed by atoms with Crippen LogP contribution < -0.4 is 5.32 Å². The molecular formula is C19H28ClN3O. The summed E-state index contributed by atoms with van der Waals surface area (Å²) >= 11 is 6.28. The van der Waals surface area contributed by atoms with E-state index in [-0.39, 0.29) is 11.9 Å². The second kappa shape index (κ2) is 6.05. The van der Waals surface area contributed by atoms with E-state index in [0.29, 0.717) is 22.9 Å². The molecule has 1 N–H and O–H groups in total. The molecule has 1 heterocycles. The molecule has 5 rings (SSSR count). The Morgan fingerprint density at radius 1 is 1.21 bits per heavy atom. The van der Waals surface area contributed by atoms with Crippen LogP contribution in [0.25, 0.3) is 0 Å². The first-order valence-electron chi connectivity index (χ1n) is 9.49. The van der Waals surface area contributed by atoms with E-state index in [9.17, 15) is 4.79 Å². The van der Waals surface area contributed by atoms with Gasteiger partial charge >= 0.3 is 0 Å². The standard InChI is InChI=1S/C19H28ClN3O/c1-4-16(23-11(3)17(20)10(2)22-23)19(24)21-18-14-6-12-5-13(8-14)9-15(18)7-12/h12-16,18H,4-9H2,1-3H3,(H,21,24). The molecule has 0 aromatic carbocycles. The van der Waals surface area contributed by atoms with Crippen molar-refractivity contribution in [3.05, 3.63) is 16.4 Å². The van der Waals surface area contributed by atoms with Gasteiger partial charge in [0.1, 0.15) is 6.04 Å². The Balaban J connectivity index is 1.51.